The minimum absolute atomic E-state index is 0.485. The molecule has 1 heterocycles. The maximum Gasteiger partial charge on any atom is 0.136 e. The lowest BCUT2D eigenvalue weighted by Crippen LogP contribution is -2.23. The largest absolute Gasteiger partial charge is 0.360 e. The van der Waals surface area contributed by atoms with Gasteiger partial charge in [-0.05, 0) is 23.9 Å². The highest BCUT2D eigenvalue weighted by Gasteiger charge is 2.22. The van der Waals surface area contributed by atoms with Crippen molar-refractivity contribution in [1.82, 2.24) is 9.80 Å². The molecule has 0 aromatic rings. The second kappa shape index (κ2) is 4.44. The Labute approximate surface area is 89.0 Å². The Morgan fingerprint density at radius 2 is 2.40 bits per heavy atom. The Hall–Kier alpha value is -1.36. The fourth-order valence-corrected chi connectivity index (χ4v) is 1.46. The average molecular weight is 209 g/mol. The number of ether oxygens (including phenoxy) is 1. The summed E-state index contributed by atoms with van der Waals surface area (Å²) in [5, 5.41) is 2.78. The highest BCUT2D eigenvalue weighted by molar-refractivity contribution is 5.12. The van der Waals surface area contributed by atoms with E-state index in [-0.39, 0.29) is 0 Å². The fraction of sp³-hybridized carbons (Fsp3) is 0.600. The number of rotatable bonds is 5. The Balaban J connectivity index is 1.81. The van der Waals surface area contributed by atoms with Gasteiger partial charge in [0, 0.05) is 19.4 Å². The molecule has 0 saturated heterocycles. The van der Waals surface area contributed by atoms with E-state index in [2.05, 4.69) is 5.18 Å². The van der Waals surface area contributed by atoms with Gasteiger partial charge in [0.25, 0.3) is 0 Å². The van der Waals surface area contributed by atoms with E-state index in [9.17, 15) is 4.91 Å². The van der Waals surface area contributed by atoms with Crippen LogP contribution in [0.4, 0.5) is 0 Å². The fourth-order valence-electron chi connectivity index (χ4n) is 1.46. The first-order valence-electron chi connectivity index (χ1n) is 5.09. The van der Waals surface area contributed by atoms with Crippen molar-refractivity contribution >= 4 is 0 Å². The van der Waals surface area contributed by atoms with Gasteiger partial charge in [-0.2, -0.15) is 0 Å². The molecular formula is C10H15N3O2. The topological polar surface area (TPSA) is 45.1 Å². The molecule has 0 aromatic carbocycles. The third-order valence-electron chi connectivity index (χ3n) is 2.57. The normalized spacial score (nSPS) is 22.9. The van der Waals surface area contributed by atoms with Crippen molar-refractivity contribution in [3.63, 3.8) is 0 Å². The van der Waals surface area contributed by atoms with E-state index < -0.39 is 0 Å². The van der Waals surface area contributed by atoms with Gasteiger partial charge in [0.15, 0.2) is 0 Å². The van der Waals surface area contributed by atoms with E-state index in [0.29, 0.717) is 6.73 Å². The molecule has 0 bridgehead atoms. The Morgan fingerprint density at radius 1 is 1.60 bits per heavy atom. The van der Waals surface area contributed by atoms with Crippen LogP contribution in [0.5, 0.6) is 0 Å². The van der Waals surface area contributed by atoms with Crippen molar-refractivity contribution in [2.45, 2.75) is 12.8 Å². The number of nitrogens with zero attached hydrogens (tertiary/aromatic N) is 3. The monoisotopic (exact) mass is 209 g/mol. The molecule has 1 saturated carbocycles. The van der Waals surface area contributed by atoms with E-state index in [1.54, 1.807) is 0 Å². The van der Waals surface area contributed by atoms with E-state index >= 15 is 0 Å². The summed E-state index contributed by atoms with van der Waals surface area (Å²) in [7, 11) is 1.87. The molecule has 82 valence electrons. The smallest absolute Gasteiger partial charge is 0.136 e. The van der Waals surface area contributed by atoms with Crippen LogP contribution in [0, 0.1) is 10.8 Å². The van der Waals surface area contributed by atoms with Crippen LogP contribution in [-0.2, 0) is 4.74 Å². The molecule has 0 atom stereocenters. The quantitative estimate of drug-likeness (QED) is 0.646. The van der Waals surface area contributed by atoms with E-state index in [1.807, 2.05) is 29.2 Å². The highest BCUT2D eigenvalue weighted by atomic mass is 16.5. The summed E-state index contributed by atoms with van der Waals surface area (Å²) in [6, 6.07) is 0. The number of hydrogen-bond donors (Lipinski definition) is 0. The molecular weight excluding hydrogens is 194 g/mol. The van der Waals surface area contributed by atoms with Gasteiger partial charge >= 0.3 is 0 Å². The van der Waals surface area contributed by atoms with Crippen LogP contribution in [0.25, 0.3) is 0 Å². The summed E-state index contributed by atoms with van der Waals surface area (Å²) in [4.78, 5) is 13.9. The second-order valence-electron chi connectivity index (χ2n) is 3.91. The number of nitroso groups, excluding NO2 is 1. The third-order valence-corrected chi connectivity index (χ3v) is 2.57. The zero-order valence-electron chi connectivity index (χ0n) is 8.80. The van der Waals surface area contributed by atoms with Crippen LogP contribution < -0.4 is 0 Å². The zero-order valence-corrected chi connectivity index (χ0v) is 8.80. The minimum atomic E-state index is 0.485. The Bertz CT molecular complexity index is 297. The maximum absolute atomic E-state index is 10.2. The van der Waals surface area contributed by atoms with Gasteiger partial charge in [-0.25, -0.2) is 0 Å². The first-order valence-corrected chi connectivity index (χ1v) is 5.09. The van der Waals surface area contributed by atoms with Crippen LogP contribution in [0.1, 0.15) is 12.8 Å². The summed E-state index contributed by atoms with van der Waals surface area (Å²) >= 11 is 0. The average Bonchev–Trinajstić information content (AvgIpc) is 2.98. The molecule has 0 amide bonds. The van der Waals surface area contributed by atoms with Gasteiger partial charge in [0.2, 0.25) is 0 Å². The third kappa shape index (κ3) is 2.56. The van der Waals surface area contributed by atoms with Crippen molar-refractivity contribution in [2.24, 2.45) is 11.1 Å². The Kier molecular flexibility index (Phi) is 3.01. The van der Waals surface area contributed by atoms with Crippen LogP contribution in [0.15, 0.2) is 29.6 Å². The molecule has 1 aliphatic heterocycles. The lowest BCUT2D eigenvalue weighted by molar-refractivity contribution is 0.0587. The van der Waals surface area contributed by atoms with Crippen molar-refractivity contribution in [3.8, 4) is 0 Å². The van der Waals surface area contributed by atoms with E-state index in [0.717, 1.165) is 18.3 Å². The second-order valence-corrected chi connectivity index (χ2v) is 3.91. The summed E-state index contributed by atoms with van der Waals surface area (Å²) in [6.45, 7) is 1.30. The first-order chi connectivity index (χ1) is 7.31. The lowest BCUT2D eigenvalue weighted by atomic mass is 10.5. The maximum atomic E-state index is 10.2. The van der Waals surface area contributed by atoms with Crippen LogP contribution in [-0.4, -0.2) is 30.2 Å². The predicted molar refractivity (Wildman–Crippen MR) is 56.2 cm³/mol. The summed E-state index contributed by atoms with van der Waals surface area (Å²) in [6.07, 6.45) is 7.62. The summed E-state index contributed by atoms with van der Waals surface area (Å²) in [5.41, 5.74) is 0. The SMILES string of the molecule is CN1C=CN(COCC2CC2)/C1=C/N=O. The molecule has 5 nitrogen and oxygen atoms in total. The molecule has 0 unspecified atom stereocenters. The van der Waals surface area contributed by atoms with Gasteiger partial charge in [0.05, 0.1) is 6.61 Å². The highest BCUT2D eigenvalue weighted by Crippen LogP contribution is 2.29. The molecule has 15 heavy (non-hydrogen) atoms. The van der Waals surface area contributed by atoms with Gasteiger partial charge in [0.1, 0.15) is 18.8 Å². The van der Waals surface area contributed by atoms with Gasteiger partial charge in [-0.1, -0.05) is 0 Å². The van der Waals surface area contributed by atoms with Crippen LogP contribution >= 0.6 is 0 Å². The molecule has 0 aromatic heterocycles. The van der Waals surface area contributed by atoms with Crippen molar-refractivity contribution in [2.75, 3.05) is 20.4 Å². The number of hydrogen-bond acceptors (Lipinski definition) is 5. The molecule has 1 aliphatic carbocycles. The molecule has 2 rings (SSSR count). The van der Waals surface area contributed by atoms with Gasteiger partial charge in [-0.3, -0.25) is 0 Å². The first kappa shape index (κ1) is 10.2. The van der Waals surface area contributed by atoms with E-state index in [4.69, 9.17) is 4.74 Å². The zero-order chi connectivity index (χ0) is 10.7. The van der Waals surface area contributed by atoms with E-state index in [1.165, 1.54) is 19.0 Å². The summed E-state index contributed by atoms with van der Waals surface area (Å²) < 4.78 is 5.53. The van der Waals surface area contributed by atoms with Crippen LogP contribution in [0.3, 0.4) is 0 Å². The minimum Gasteiger partial charge on any atom is -0.360 e. The molecule has 5 heteroatoms. The van der Waals surface area contributed by atoms with Gasteiger partial charge in [-0.15, -0.1) is 4.91 Å². The summed E-state index contributed by atoms with van der Waals surface area (Å²) in [5.74, 6) is 1.51. The lowest BCUT2D eigenvalue weighted by Gasteiger charge is -2.20. The van der Waals surface area contributed by atoms with Crippen molar-refractivity contribution in [3.05, 3.63) is 29.3 Å². The molecule has 0 spiro atoms. The molecule has 2 aliphatic rings. The van der Waals surface area contributed by atoms with Gasteiger partial charge < -0.3 is 14.5 Å². The predicted octanol–water partition coefficient (Wildman–Crippen LogP) is 1.65. The molecule has 0 N–H and O–H groups in total. The van der Waals surface area contributed by atoms with Crippen molar-refractivity contribution < 1.29 is 4.74 Å². The molecule has 1 fully saturated rings. The van der Waals surface area contributed by atoms with Crippen molar-refractivity contribution in [1.29, 1.82) is 0 Å². The Morgan fingerprint density at radius 3 is 3.07 bits per heavy atom. The molecule has 0 radical (unpaired) electrons. The standard InChI is InChI=1S/C10H15N3O2/c1-12-4-5-13(10(12)6-11-14)8-15-7-9-2-3-9/h4-6,9H,2-3,7-8H2,1H3/b10-6+. The van der Waals surface area contributed by atoms with Crippen LogP contribution in [0.2, 0.25) is 0 Å².